The number of urea groups is 1. The SMILES string of the molecule is CN(C)C(CNC(=O)Nc1ccc(F)cc1)c1ccco1. The van der Waals surface area contributed by atoms with Gasteiger partial charge < -0.3 is 15.1 Å². The average Bonchev–Trinajstić information content (AvgIpc) is 2.95. The third-order valence-electron chi connectivity index (χ3n) is 3.05. The Morgan fingerprint density at radius 2 is 2.00 bits per heavy atom. The lowest BCUT2D eigenvalue weighted by atomic mass is 10.2. The zero-order valence-electron chi connectivity index (χ0n) is 12.0. The maximum atomic E-state index is 12.8. The van der Waals surface area contributed by atoms with E-state index >= 15 is 0 Å². The van der Waals surface area contributed by atoms with E-state index in [2.05, 4.69) is 10.6 Å². The second kappa shape index (κ2) is 6.90. The van der Waals surface area contributed by atoms with Crippen LogP contribution < -0.4 is 10.6 Å². The van der Waals surface area contributed by atoms with Crippen LogP contribution in [0.1, 0.15) is 11.8 Å². The number of amides is 2. The predicted octanol–water partition coefficient (Wildman–Crippen LogP) is 2.84. The van der Waals surface area contributed by atoms with Gasteiger partial charge in [0.1, 0.15) is 11.6 Å². The van der Waals surface area contributed by atoms with Crippen LogP contribution >= 0.6 is 0 Å². The van der Waals surface area contributed by atoms with Gasteiger partial charge in [0.05, 0.1) is 12.3 Å². The summed E-state index contributed by atoms with van der Waals surface area (Å²) in [4.78, 5) is 13.8. The second-order valence-corrected chi connectivity index (χ2v) is 4.84. The molecule has 0 fully saturated rings. The number of anilines is 1. The Bertz CT molecular complexity index is 567. The maximum Gasteiger partial charge on any atom is 0.319 e. The Kier molecular flexibility index (Phi) is 4.94. The van der Waals surface area contributed by atoms with E-state index in [0.717, 1.165) is 5.76 Å². The van der Waals surface area contributed by atoms with Gasteiger partial charge in [-0.3, -0.25) is 4.90 Å². The molecule has 0 aliphatic heterocycles. The molecule has 2 rings (SSSR count). The van der Waals surface area contributed by atoms with Crippen LogP contribution in [0.25, 0.3) is 0 Å². The minimum atomic E-state index is -0.347. The molecule has 0 aliphatic rings. The van der Waals surface area contributed by atoms with Crippen molar-refractivity contribution in [2.75, 3.05) is 26.0 Å². The summed E-state index contributed by atoms with van der Waals surface area (Å²) >= 11 is 0. The molecule has 0 saturated carbocycles. The number of nitrogens with zero attached hydrogens (tertiary/aromatic N) is 1. The Morgan fingerprint density at radius 1 is 1.29 bits per heavy atom. The summed E-state index contributed by atoms with van der Waals surface area (Å²) in [5.74, 6) is 0.438. The summed E-state index contributed by atoms with van der Waals surface area (Å²) < 4.78 is 18.1. The van der Waals surface area contributed by atoms with Gasteiger partial charge in [0.15, 0.2) is 0 Å². The number of furan rings is 1. The fraction of sp³-hybridized carbons (Fsp3) is 0.267. The highest BCUT2D eigenvalue weighted by Gasteiger charge is 2.17. The topological polar surface area (TPSA) is 57.5 Å². The number of halogens is 1. The van der Waals surface area contributed by atoms with Gasteiger partial charge in [-0.1, -0.05) is 0 Å². The molecule has 2 aromatic rings. The summed E-state index contributed by atoms with van der Waals surface area (Å²) in [6.45, 7) is 0.396. The van der Waals surface area contributed by atoms with E-state index < -0.39 is 0 Å². The van der Waals surface area contributed by atoms with Crippen molar-refractivity contribution < 1.29 is 13.6 Å². The molecule has 0 spiro atoms. The number of benzene rings is 1. The molecule has 0 bridgehead atoms. The Balaban J connectivity index is 1.89. The van der Waals surface area contributed by atoms with Gasteiger partial charge in [-0.15, -0.1) is 0 Å². The molecule has 1 aromatic heterocycles. The van der Waals surface area contributed by atoms with Gasteiger partial charge in [-0.05, 0) is 50.5 Å². The highest BCUT2D eigenvalue weighted by molar-refractivity contribution is 5.89. The van der Waals surface area contributed by atoms with Crippen LogP contribution in [0.15, 0.2) is 47.1 Å². The molecule has 1 heterocycles. The summed E-state index contributed by atoms with van der Waals surface area (Å²) in [6, 6.07) is 8.87. The first kappa shape index (κ1) is 15.1. The predicted molar refractivity (Wildman–Crippen MR) is 78.6 cm³/mol. The molecule has 2 amide bonds. The van der Waals surface area contributed by atoms with Crippen molar-refractivity contribution in [2.24, 2.45) is 0 Å². The Labute approximate surface area is 122 Å². The minimum Gasteiger partial charge on any atom is -0.468 e. The van der Waals surface area contributed by atoms with Crippen LogP contribution in [0, 0.1) is 5.82 Å². The summed E-state index contributed by atoms with van der Waals surface area (Å²) in [6.07, 6.45) is 1.60. The average molecular weight is 291 g/mol. The van der Waals surface area contributed by atoms with Crippen molar-refractivity contribution in [3.63, 3.8) is 0 Å². The van der Waals surface area contributed by atoms with Crippen molar-refractivity contribution in [1.29, 1.82) is 0 Å². The Hall–Kier alpha value is -2.34. The molecule has 1 unspecified atom stereocenters. The van der Waals surface area contributed by atoms with Crippen molar-refractivity contribution in [2.45, 2.75) is 6.04 Å². The van der Waals surface area contributed by atoms with E-state index in [9.17, 15) is 9.18 Å². The molecule has 6 heteroatoms. The second-order valence-electron chi connectivity index (χ2n) is 4.84. The minimum absolute atomic E-state index is 0.0565. The highest BCUT2D eigenvalue weighted by atomic mass is 19.1. The van der Waals surface area contributed by atoms with Crippen LogP contribution in [-0.2, 0) is 0 Å². The van der Waals surface area contributed by atoms with Crippen LogP contribution in [0.3, 0.4) is 0 Å². The van der Waals surface area contributed by atoms with Gasteiger partial charge >= 0.3 is 6.03 Å². The number of hydrogen-bond donors (Lipinski definition) is 2. The monoisotopic (exact) mass is 291 g/mol. The molecular formula is C15H18FN3O2. The largest absolute Gasteiger partial charge is 0.468 e. The lowest BCUT2D eigenvalue weighted by Crippen LogP contribution is -2.36. The lowest BCUT2D eigenvalue weighted by Gasteiger charge is -2.22. The van der Waals surface area contributed by atoms with E-state index in [-0.39, 0.29) is 17.9 Å². The standard InChI is InChI=1S/C15H18FN3O2/c1-19(2)13(14-4-3-9-21-14)10-17-15(20)18-12-7-5-11(16)6-8-12/h3-9,13H,10H2,1-2H3,(H2,17,18,20). The molecule has 1 aromatic carbocycles. The number of carbonyl (C=O) groups is 1. The van der Waals surface area contributed by atoms with E-state index in [1.54, 1.807) is 6.26 Å². The highest BCUT2D eigenvalue weighted by Crippen LogP contribution is 2.17. The van der Waals surface area contributed by atoms with E-state index in [1.165, 1.54) is 24.3 Å². The fourth-order valence-corrected chi connectivity index (χ4v) is 1.92. The van der Waals surface area contributed by atoms with Crippen molar-refractivity contribution in [1.82, 2.24) is 10.2 Å². The molecule has 112 valence electrons. The van der Waals surface area contributed by atoms with E-state index in [4.69, 9.17) is 4.42 Å². The van der Waals surface area contributed by atoms with Crippen LogP contribution in [0.2, 0.25) is 0 Å². The van der Waals surface area contributed by atoms with Gasteiger partial charge in [0, 0.05) is 12.2 Å². The number of rotatable bonds is 5. The number of carbonyl (C=O) groups excluding carboxylic acids is 1. The van der Waals surface area contributed by atoms with Crippen molar-refractivity contribution in [3.8, 4) is 0 Å². The van der Waals surface area contributed by atoms with Crippen LogP contribution in [0.4, 0.5) is 14.9 Å². The van der Waals surface area contributed by atoms with Gasteiger partial charge in [-0.2, -0.15) is 0 Å². The van der Waals surface area contributed by atoms with Gasteiger partial charge in [0.2, 0.25) is 0 Å². The van der Waals surface area contributed by atoms with Crippen LogP contribution in [-0.4, -0.2) is 31.6 Å². The van der Waals surface area contributed by atoms with E-state index in [0.29, 0.717) is 12.2 Å². The third-order valence-corrected chi connectivity index (χ3v) is 3.05. The first-order valence-electron chi connectivity index (χ1n) is 6.56. The number of hydrogen-bond acceptors (Lipinski definition) is 3. The molecule has 0 radical (unpaired) electrons. The smallest absolute Gasteiger partial charge is 0.319 e. The number of nitrogens with one attached hydrogen (secondary N) is 2. The van der Waals surface area contributed by atoms with Crippen molar-refractivity contribution >= 4 is 11.7 Å². The molecule has 21 heavy (non-hydrogen) atoms. The fourth-order valence-electron chi connectivity index (χ4n) is 1.92. The quantitative estimate of drug-likeness (QED) is 0.890. The zero-order valence-corrected chi connectivity index (χ0v) is 12.0. The molecule has 5 nitrogen and oxygen atoms in total. The normalized spacial score (nSPS) is 12.2. The molecule has 1 atom stereocenters. The third kappa shape index (κ3) is 4.32. The molecule has 0 aliphatic carbocycles. The molecule has 0 saturated heterocycles. The summed E-state index contributed by atoms with van der Waals surface area (Å²) in [7, 11) is 3.82. The van der Waals surface area contributed by atoms with Gasteiger partial charge in [0.25, 0.3) is 0 Å². The first-order chi connectivity index (χ1) is 10.1. The molecular weight excluding hydrogens is 273 g/mol. The van der Waals surface area contributed by atoms with Crippen molar-refractivity contribution in [3.05, 3.63) is 54.2 Å². The Morgan fingerprint density at radius 3 is 2.57 bits per heavy atom. The first-order valence-corrected chi connectivity index (χ1v) is 6.56. The zero-order chi connectivity index (χ0) is 15.2. The lowest BCUT2D eigenvalue weighted by molar-refractivity contribution is 0.233. The van der Waals surface area contributed by atoms with Crippen LogP contribution in [0.5, 0.6) is 0 Å². The maximum absolute atomic E-state index is 12.8. The van der Waals surface area contributed by atoms with E-state index in [1.807, 2.05) is 31.1 Å². The van der Waals surface area contributed by atoms with Gasteiger partial charge in [-0.25, -0.2) is 9.18 Å². The number of likely N-dealkylation sites (N-methyl/N-ethyl adjacent to an activating group) is 1. The molecule has 2 N–H and O–H groups in total. The summed E-state index contributed by atoms with van der Waals surface area (Å²) in [5, 5.41) is 5.41. The summed E-state index contributed by atoms with van der Waals surface area (Å²) in [5.41, 5.74) is 0.535.